The number of carbonyl (C=O) groups excluding carboxylic acids is 8. The van der Waals surface area contributed by atoms with Gasteiger partial charge in [0.1, 0.15) is 10.7 Å². The molecule has 1 saturated heterocycles. The largest absolute Gasteiger partial charge is 0.488 e. The van der Waals surface area contributed by atoms with Gasteiger partial charge in [0, 0.05) is 80.7 Å². The summed E-state index contributed by atoms with van der Waals surface area (Å²) in [5.41, 5.74) is 13.2. The molecule has 2 aliphatic rings. The summed E-state index contributed by atoms with van der Waals surface area (Å²) in [5.74, 6) is -2.48. The van der Waals surface area contributed by atoms with E-state index in [1.165, 1.54) is 28.4 Å². The Labute approximate surface area is 449 Å². The second-order valence-corrected chi connectivity index (χ2v) is 22.2. The average Bonchev–Trinajstić information content (AvgIpc) is 3.99. The fourth-order valence-electron chi connectivity index (χ4n) is 10.0. The number of benzene rings is 1. The number of Topliss-reactive ketones (excluding diaryl/α,β-unsaturated/α-hetero) is 2. The van der Waals surface area contributed by atoms with E-state index < -0.39 is 41.8 Å². The molecule has 0 saturated carbocycles. The van der Waals surface area contributed by atoms with Crippen molar-refractivity contribution in [3.05, 3.63) is 76.0 Å². The molecule has 414 valence electrons. The van der Waals surface area contributed by atoms with Crippen molar-refractivity contribution in [1.29, 1.82) is 0 Å². The van der Waals surface area contributed by atoms with Gasteiger partial charge in [-0.25, -0.2) is 4.98 Å². The molecule has 8 atom stereocenters. The van der Waals surface area contributed by atoms with Gasteiger partial charge in [-0.05, 0) is 108 Å². The number of piperidine rings is 1. The molecule has 0 radical (unpaired) electrons. The summed E-state index contributed by atoms with van der Waals surface area (Å²) in [6.07, 6.45) is 10.6. The van der Waals surface area contributed by atoms with Gasteiger partial charge in [-0.15, -0.1) is 11.3 Å². The zero-order valence-electron chi connectivity index (χ0n) is 45.9. The lowest BCUT2D eigenvalue weighted by Crippen LogP contribution is -2.48. The molecular weight excluding hydrogens is 973 g/mol. The molecule has 0 spiro atoms. The number of rotatable bonds is 34. The molecular formula is C57H86N8O9S. The van der Waals surface area contributed by atoms with Crippen molar-refractivity contribution in [2.75, 3.05) is 33.7 Å². The molecule has 6 amide bonds. The first kappa shape index (κ1) is 62.0. The normalized spacial score (nSPS) is 17.7. The van der Waals surface area contributed by atoms with Crippen LogP contribution in [0.2, 0.25) is 0 Å². The lowest BCUT2D eigenvalue weighted by atomic mass is 9.83. The Bertz CT molecular complexity index is 2280. The number of allylic oxidation sites excluding steroid dienone is 1. The summed E-state index contributed by atoms with van der Waals surface area (Å²) < 4.78 is 6.30. The molecule has 1 aromatic heterocycles. The number of hydrogen-bond donors (Lipinski definition) is 4. The summed E-state index contributed by atoms with van der Waals surface area (Å²) in [6.45, 7) is 17.3. The Kier molecular flexibility index (Phi) is 25.5. The van der Waals surface area contributed by atoms with Crippen LogP contribution in [0.15, 0.2) is 54.1 Å². The molecule has 1 aromatic carbocycles. The standard InChI is InChI=1S/C57H86N8O9S/c1-10-38(6)43(33-49(67)46-19-14-17-28-63(46)8)57(73)64(9)47(36(2)3)34-50(74-37(4)5)56-62-45(35-75-56)55(72)60-42(30-39(7)54(59)71)31-40-21-23-41(24-22-40)32-48(66)44(18-13-15-27-58)61-51(68)20-12-11-16-29-65-52(69)25-26-53(65)70/h21-26,35-36,38-39,42-44,46-47,50H,4,10-20,27-34,58H2,1-3,5-9H3,(H2,59,71)(H,60,72)(H,61,68)/t38-,39?,42+,43-,44-,46+,47+,50+/m0/s1. The van der Waals surface area contributed by atoms with Crippen LogP contribution < -0.4 is 22.1 Å². The summed E-state index contributed by atoms with van der Waals surface area (Å²) in [6, 6.07) is 5.77. The van der Waals surface area contributed by atoms with Gasteiger partial charge in [0.15, 0.2) is 17.7 Å². The smallest absolute Gasteiger partial charge is 0.270 e. The number of likely N-dealkylation sites (N-methyl/N-ethyl adjacent to an activating group) is 1. The van der Waals surface area contributed by atoms with Crippen molar-refractivity contribution in [3.63, 3.8) is 0 Å². The molecule has 1 unspecified atom stereocenters. The van der Waals surface area contributed by atoms with Crippen molar-refractivity contribution >= 4 is 58.3 Å². The molecule has 2 aromatic rings. The minimum atomic E-state index is -0.691. The second-order valence-electron chi connectivity index (χ2n) is 21.3. The number of amides is 6. The van der Waals surface area contributed by atoms with Crippen molar-refractivity contribution in [2.24, 2.45) is 35.1 Å². The number of nitrogens with one attached hydrogen (secondary N) is 2. The average molecular weight is 1060 g/mol. The molecule has 18 heteroatoms. The van der Waals surface area contributed by atoms with E-state index in [9.17, 15) is 38.4 Å². The Morgan fingerprint density at radius 3 is 2.23 bits per heavy atom. The van der Waals surface area contributed by atoms with Gasteiger partial charge < -0.3 is 31.7 Å². The van der Waals surface area contributed by atoms with Gasteiger partial charge >= 0.3 is 0 Å². The summed E-state index contributed by atoms with van der Waals surface area (Å²) in [4.78, 5) is 115. The number of nitrogens with zero attached hydrogens (tertiary/aromatic N) is 4. The monoisotopic (exact) mass is 1060 g/mol. The number of primary amides is 1. The van der Waals surface area contributed by atoms with Gasteiger partial charge in [0.05, 0.1) is 17.8 Å². The van der Waals surface area contributed by atoms with Gasteiger partial charge in [-0.3, -0.25) is 48.2 Å². The van der Waals surface area contributed by atoms with Crippen LogP contribution in [-0.4, -0.2) is 125 Å². The maximum absolute atomic E-state index is 14.5. The summed E-state index contributed by atoms with van der Waals surface area (Å²) in [5, 5.41) is 8.22. The van der Waals surface area contributed by atoms with E-state index in [0.717, 1.165) is 43.4 Å². The van der Waals surface area contributed by atoms with Crippen LogP contribution in [0.3, 0.4) is 0 Å². The van der Waals surface area contributed by atoms with Crippen molar-refractivity contribution < 1.29 is 43.1 Å². The van der Waals surface area contributed by atoms with Crippen LogP contribution >= 0.6 is 11.3 Å². The van der Waals surface area contributed by atoms with Crippen LogP contribution in [0.1, 0.15) is 164 Å². The lowest BCUT2D eigenvalue weighted by molar-refractivity contribution is -0.143. The van der Waals surface area contributed by atoms with E-state index in [1.54, 1.807) is 31.2 Å². The molecule has 75 heavy (non-hydrogen) atoms. The lowest BCUT2D eigenvalue weighted by Gasteiger charge is -2.38. The number of ether oxygens (including phenoxy) is 1. The predicted octanol–water partition coefficient (Wildman–Crippen LogP) is 6.78. The molecule has 3 heterocycles. The summed E-state index contributed by atoms with van der Waals surface area (Å²) in [7, 11) is 3.80. The highest BCUT2D eigenvalue weighted by molar-refractivity contribution is 7.09. The van der Waals surface area contributed by atoms with Crippen molar-refractivity contribution in [1.82, 2.24) is 30.3 Å². The number of hydrogen-bond acceptors (Lipinski definition) is 13. The predicted molar refractivity (Wildman–Crippen MR) is 292 cm³/mol. The van der Waals surface area contributed by atoms with E-state index in [-0.39, 0.29) is 90.5 Å². The van der Waals surface area contributed by atoms with E-state index in [1.807, 2.05) is 45.2 Å². The first-order valence-electron chi connectivity index (χ1n) is 27.1. The van der Waals surface area contributed by atoms with Gasteiger partial charge in [-0.2, -0.15) is 0 Å². The molecule has 2 aliphatic heterocycles. The minimum absolute atomic E-state index is 0.00101. The Balaban J connectivity index is 1.42. The first-order valence-corrected chi connectivity index (χ1v) is 28.0. The maximum atomic E-state index is 14.5. The molecule has 17 nitrogen and oxygen atoms in total. The third kappa shape index (κ3) is 19.5. The van der Waals surface area contributed by atoms with Crippen LogP contribution in [-0.2, 0) is 51.1 Å². The van der Waals surface area contributed by atoms with Gasteiger partial charge in [0.2, 0.25) is 17.7 Å². The molecule has 0 bridgehead atoms. The zero-order chi connectivity index (χ0) is 55.4. The Morgan fingerprint density at radius 1 is 0.933 bits per heavy atom. The van der Waals surface area contributed by atoms with E-state index in [4.69, 9.17) is 21.2 Å². The number of unbranched alkanes of at least 4 members (excludes halogenated alkanes) is 3. The highest BCUT2D eigenvalue weighted by atomic mass is 32.1. The Hall–Kier alpha value is -5.59. The molecule has 0 aliphatic carbocycles. The molecule has 6 N–H and O–H groups in total. The number of ketones is 2. The van der Waals surface area contributed by atoms with E-state index in [2.05, 4.69) is 36.0 Å². The van der Waals surface area contributed by atoms with Crippen LogP contribution in [0.5, 0.6) is 0 Å². The number of nitrogens with two attached hydrogens (primary N) is 2. The maximum Gasteiger partial charge on any atom is 0.270 e. The number of aromatic nitrogens is 1. The molecule has 4 rings (SSSR count). The zero-order valence-corrected chi connectivity index (χ0v) is 46.7. The van der Waals surface area contributed by atoms with Crippen molar-refractivity contribution in [3.8, 4) is 0 Å². The highest BCUT2D eigenvalue weighted by Gasteiger charge is 2.38. The number of carbonyl (C=O) groups is 8. The second kappa shape index (κ2) is 30.8. The summed E-state index contributed by atoms with van der Waals surface area (Å²) >= 11 is 1.27. The van der Waals surface area contributed by atoms with Crippen LogP contribution in [0.4, 0.5) is 0 Å². The number of imide groups is 1. The number of likely N-dealkylation sites (tertiary alicyclic amines) is 1. The van der Waals surface area contributed by atoms with Crippen molar-refractivity contribution in [2.45, 2.75) is 175 Å². The number of thiazole rings is 1. The fourth-order valence-corrected chi connectivity index (χ4v) is 10.8. The van der Waals surface area contributed by atoms with Gasteiger partial charge in [0.25, 0.3) is 17.7 Å². The van der Waals surface area contributed by atoms with Crippen LogP contribution in [0.25, 0.3) is 0 Å². The third-order valence-corrected chi connectivity index (χ3v) is 15.8. The minimum Gasteiger partial charge on any atom is -0.488 e. The van der Waals surface area contributed by atoms with Crippen LogP contribution in [0, 0.1) is 23.7 Å². The first-order chi connectivity index (χ1) is 35.6. The Morgan fingerprint density at radius 2 is 1.61 bits per heavy atom. The van der Waals surface area contributed by atoms with E-state index in [0.29, 0.717) is 75.2 Å². The third-order valence-electron chi connectivity index (χ3n) is 14.9. The quantitative estimate of drug-likeness (QED) is 0.0322. The SMILES string of the molecule is C=C(C)O[C@H](C[C@H](C(C)C)N(C)C(=O)[C@@H](CC(=O)[C@H]1CCCCN1C)[C@@H](C)CC)c1nc(C(=O)N[C@@H](Cc2ccc(CC(=O)[C@H](CCCCN)NC(=O)CCCCCN3C(=O)C=CC3=O)cc2)CC(C)C(N)=O)cs1. The molecule has 1 fully saturated rings. The highest BCUT2D eigenvalue weighted by Crippen LogP contribution is 2.34. The van der Waals surface area contributed by atoms with Gasteiger partial charge in [-0.1, -0.05) is 84.7 Å². The topological polar surface area (TPSA) is 244 Å². The fraction of sp³-hybridized carbons (Fsp3) is 0.632. The van der Waals surface area contributed by atoms with E-state index >= 15 is 0 Å².